The number of nitrogens with one attached hydrogen (secondary N) is 1. The van der Waals surface area contributed by atoms with Crippen molar-refractivity contribution >= 4 is 17.3 Å². The third-order valence-electron chi connectivity index (χ3n) is 2.65. The van der Waals surface area contributed by atoms with Crippen LogP contribution < -0.4 is 10.2 Å². The number of halogens is 1. The molecule has 1 unspecified atom stereocenters. The van der Waals surface area contributed by atoms with Gasteiger partial charge in [0.1, 0.15) is 0 Å². The van der Waals surface area contributed by atoms with E-state index in [1.54, 1.807) is 0 Å². The van der Waals surface area contributed by atoms with Gasteiger partial charge in [0.05, 0.1) is 6.17 Å². The molecular formula is C11H15ClN2. The quantitative estimate of drug-likeness (QED) is 0.807. The van der Waals surface area contributed by atoms with Gasteiger partial charge in [-0.15, -0.1) is 0 Å². The molecule has 1 aromatic carbocycles. The van der Waals surface area contributed by atoms with Crippen LogP contribution in [0.3, 0.4) is 0 Å². The maximum absolute atomic E-state index is 5.85. The second-order valence-corrected chi connectivity index (χ2v) is 3.98. The molecule has 1 heterocycles. The summed E-state index contributed by atoms with van der Waals surface area (Å²) in [5.74, 6) is 0. The highest BCUT2D eigenvalue weighted by atomic mass is 35.5. The summed E-state index contributed by atoms with van der Waals surface area (Å²) >= 11 is 5.85. The zero-order valence-electron chi connectivity index (χ0n) is 8.33. The molecule has 0 amide bonds. The number of benzene rings is 1. The van der Waals surface area contributed by atoms with E-state index in [0.29, 0.717) is 6.17 Å². The van der Waals surface area contributed by atoms with Gasteiger partial charge in [0.15, 0.2) is 0 Å². The Morgan fingerprint density at radius 3 is 2.79 bits per heavy atom. The SMILES string of the molecule is CCC1NCCN1c1ccc(Cl)cc1. The highest BCUT2D eigenvalue weighted by molar-refractivity contribution is 6.30. The largest absolute Gasteiger partial charge is 0.355 e. The monoisotopic (exact) mass is 210 g/mol. The zero-order valence-corrected chi connectivity index (χ0v) is 9.09. The van der Waals surface area contributed by atoms with E-state index >= 15 is 0 Å². The lowest BCUT2D eigenvalue weighted by atomic mass is 10.2. The van der Waals surface area contributed by atoms with Crippen molar-refractivity contribution in [2.45, 2.75) is 19.5 Å². The first-order valence-electron chi connectivity index (χ1n) is 5.07. The molecule has 0 saturated carbocycles. The highest BCUT2D eigenvalue weighted by Crippen LogP contribution is 2.21. The van der Waals surface area contributed by atoms with E-state index in [4.69, 9.17) is 11.6 Å². The first kappa shape index (κ1) is 9.81. The molecule has 0 spiro atoms. The number of anilines is 1. The lowest BCUT2D eigenvalue weighted by Gasteiger charge is -2.25. The molecule has 0 bridgehead atoms. The summed E-state index contributed by atoms with van der Waals surface area (Å²) in [6, 6.07) is 8.06. The minimum Gasteiger partial charge on any atom is -0.355 e. The second kappa shape index (κ2) is 4.20. The summed E-state index contributed by atoms with van der Waals surface area (Å²) < 4.78 is 0. The second-order valence-electron chi connectivity index (χ2n) is 3.55. The van der Waals surface area contributed by atoms with Gasteiger partial charge in [-0.3, -0.25) is 5.32 Å². The Morgan fingerprint density at radius 1 is 1.43 bits per heavy atom. The zero-order chi connectivity index (χ0) is 9.97. The van der Waals surface area contributed by atoms with Crippen molar-refractivity contribution in [1.29, 1.82) is 0 Å². The van der Waals surface area contributed by atoms with Crippen molar-refractivity contribution in [2.24, 2.45) is 0 Å². The average Bonchev–Trinajstić information content (AvgIpc) is 2.67. The maximum atomic E-state index is 5.85. The fraction of sp³-hybridized carbons (Fsp3) is 0.455. The van der Waals surface area contributed by atoms with Gasteiger partial charge in [-0.2, -0.15) is 0 Å². The van der Waals surface area contributed by atoms with Crippen LogP contribution in [0.5, 0.6) is 0 Å². The Kier molecular flexibility index (Phi) is 2.94. The molecule has 0 aromatic heterocycles. The van der Waals surface area contributed by atoms with Crippen molar-refractivity contribution in [1.82, 2.24) is 5.32 Å². The molecular weight excluding hydrogens is 196 g/mol. The van der Waals surface area contributed by atoms with Gasteiger partial charge in [-0.1, -0.05) is 18.5 Å². The van der Waals surface area contributed by atoms with Gasteiger partial charge in [-0.25, -0.2) is 0 Å². The van der Waals surface area contributed by atoms with Crippen LogP contribution in [0.1, 0.15) is 13.3 Å². The molecule has 1 fully saturated rings. The maximum Gasteiger partial charge on any atom is 0.0794 e. The molecule has 2 rings (SSSR count). The van der Waals surface area contributed by atoms with Crippen molar-refractivity contribution in [3.8, 4) is 0 Å². The number of hydrogen-bond donors (Lipinski definition) is 1. The summed E-state index contributed by atoms with van der Waals surface area (Å²) in [7, 11) is 0. The Labute approximate surface area is 89.9 Å². The minimum atomic E-state index is 0.483. The fourth-order valence-electron chi connectivity index (χ4n) is 1.92. The standard InChI is InChI=1S/C11H15ClN2/c1-2-11-13-7-8-14(11)10-5-3-9(12)4-6-10/h3-6,11,13H,2,7-8H2,1H3. The fourth-order valence-corrected chi connectivity index (χ4v) is 2.05. The van der Waals surface area contributed by atoms with Crippen LogP contribution in [0, 0.1) is 0 Å². The third kappa shape index (κ3) is 1.86. The first-order valence-corrected chi connectivity index (χ1v) is 5.44. The smallest absolute Gasteiger partial charge is 0.0794 e. The Balaban J connectivity index is 2.17. The summed E-state index contributed by atoms with van der Waals surface area (Å²) in [5, 5.41) is 4.26. The Bertz CT molecular complexity index is 297. The summed E-state index contributed by atoms with van der Waals surface area (Å²) in [6.45, 7) is 4.35. The summed E-state index contributed by atoms with van der Waals surface area (Å²) in [4.78, 5) is 2.39. The molecule has 0 aliphatic carbocycles. The van der Waals surface area contributed by atoms with E-state index in [-0.39, 0.29) is 0 Å². The van der Waals surface area contributed by atoms with Crippen molar-refractivity contribution < 1.29 is 0 Å². The van der Waals surface area contributed by atoms with Gasteiger partial charge >= 0.3 is 0 Å². The van der Waals surface area contributed by atoms with E-state index in [1.807, 2.05) is 12.1 Å². The Hall–Kier alpha value is -0.730. The summed E-state index contributed by atoms with van der Waals surface area (Å²) in [6.07, 6.45) is 1.61. The van der Waals surface area contributed by atoms with E-state index in [0.717, 1.165) is 24.5 Å². The molecule has 76 valence electrons. The molecule has 2 nitrogen and oxygen atoms in total. The highest BCUT2D eigenvalue weighted by Gasteiger charge is 2.21. The molecule has 14 heavy (non-hydrogen) atoms. The lowest BCUT2D eigenvalue weighted by Crippen LogP contribution is -2.34. The average molecular weight is 211 g/mol. The number of rotatable bonds is 2. The first-order chi connectivity index (χ1) is 6.81. The molecule has 1 N–H and O–H groups in total. The molecule has 3 heteroatoms. The van der Waals surface area contributed by atoms with Crippen molar-refractivity contribution in [3.63, 3.8) is 0 Å². The number of nitrogens with zero attached hydrogens (tertiary/aromatic N) is 1. The van der Waals surface area contributed by atoms with Crippen LogP contribution in [0.4, 0.5) is 5.69 Å². The van der Waals surface area contributed by atoms with Crippen molar-refractivity contribution in [3.05, 3.63) is 29.3 Å². The van der Waals surface area contributed by atoms with Crippen LogP contribution in [0.15, 0.2) is 24.3 Å². The van der Waals surface area contributed by atoms with Crippen LogP contribution >= 0.6 is 11.6 Å². The van der Waals surface area contributed by atoms with Gasteiger partial charge in [0, 0.05) is 23.8 Å². The van der Waals surface area contributed by atoms with E-state index in [2.05, 4.69) is 29.3 Å². The topological polar surface area (TPSA) is 15.3 Å². The molecule has 1 aromatic rings. The molecule has 1 aliphatic rings. The summed E-state index contributed by atoms with van der Waals surface area (Å²) in [5.41, 5.74) is 1.26. The van der Waals surface area contributed by atoms with Gasteiger partial charge in [-0.05, 0) is 30.7 Å². The normalized spacial score (nSPS) is 21.6. The van der Waals surface area contributed by atoms with Crippen molar-refractivity contribution in [2.75, 3.05) is 18.0 Å². The van der Waals surface area contributed by atoms with Crippen LogP contribution in [-0.4, -0.2) is 19.3 Å². The predicted octanol–water partition coefficient (Wildman–Crippen LogP) is 2.49. The minimum absolute atomic E-state index is 0.483. The third-order valence-corrected chi connectivity index (χ3v) is 2.91. The van der Waals surface area contributed by atoms with E-state index in [9.17, 15) is 0 Å². The number of hydrogen-bond acceptors (Lipinski definition) is 2. The van der Waals surface area contributed by atoms with E-state index < -0.39 is 0 Å². The van der Waals surface area contributed by atoms with Gasteiger partial charge in [0.25, 0.3) is 0 Å². The van der Waals surface area contributed by atoms with E-state index in [1.165, 1.54) is 5.69 Å². The lowest BCUT2D eigenvalue weighted by molar-refractivity contribution is 0.586. The molecule has 1 atom stereocenters. The Morgan fingerprint density at radius 2 is 2.14 bits per heavy atom. The molecule has 1 aliphatic heterocycles. The molecule has 1 saturated heterocycles. The van der Waals surface area contributed by atoms with Crippen LogP contribution in [0.2, 0.25) is 5.02 Å². The predicted molar refractivity (Wildman–Crippen MR) is 60.9 cm³/mol. The molecule has 0 radical (unpaired) electrons. The van der Waals surface area contributed by atoms with Gasteiger partial charge in [0.2, 0.25) is 0 Å². The van der Waals surface area contributed by atoms with Crippen LogP contribution in [-0.2, 0) is 0 Å². The van der Waals surface area contributed by atoms with Gasteiger partial charge < -0.3 is 4.90 Å². The van der Waals surface area contributed by atoms with Crippen LogP contribution in [0.25, 0.3) is 0 Å².